The van der Waals surface area contributed by atoms with E-state index in [9.17, 15) is 20.2 Å². The standard InChI is InChI=1S/C13H11N3O4/c1-9-3-2-6-14-12(9)7-10-4-5-11(15(17)18)8-13(10)16(19)20/h2-8,14H,1H3/b12-7+. The van der Waals surface area contributed by atoms with E-state index in [-0.39, 0.29) is 11.4 Å². The second kappa shape index (κ2) is 5.35. The molecule has 0 aromatic heterocycles. The van der Waals surface area contributed by atoms with E-state index < -0.39 is 9.85 Å². The molecule has 0 saturated carbocycles. The third kappa shape index (κ3) is 2.72. The van der Waals surface area contributed by atoms with Crippen LogP contribution < -0.4 is 5.32 Å². The van der Waals surface area contributed by atoms with Gasteiger partial charge in [0.2, 0.25) is 0 Å². The number of nitrogens with one attached hydrogen (secondary N) is 1. The van der Waals surface area contributed by atoms with E-state index in [1.165, 1.54) is 12.1 Å². The van der Waals surface area contributed by atoms with Crippen molar-refractivity contribution >= 4 is 17.5 Å². The monoisotopic (exact) mass is 273 g/mol. The molecule has 0 bridgehead atoms. The first kappa shape index (κ1) is 13.5. The molecule has 0 atom stereocenters. The second-order valence-electron chi connectivity index (χ2n) is 4.17. The lowest BCUT2D eigenvalue weighted by molar-refractivity contribution is -0.394. The van der Waals surface area contributed by atoms with Gasteiger partial charge in [-0.1, -0.05) is 6.08 Å². The molecule has 1 heterocycles. The van der Waals surface area contributed by atoms with Crippen LogP contribution in [0, 0.1) is 20.2 Å². The zero-order valence-electron chi connectivity index (χ0n) is 10.6. The predicted octanol–water partition coefficient (Wildman–Crippen LogP) is 2.91. The van der Waals surface area contributed by atoms with Crippen LogP contribution in [0.5, 0.6) is 0 Å². The molecule has 0 aliphatic carbocycles. The Kier molecular flexibility index (Phi) is 3.60. The molecule has 0 unspecified atom stereocenters. The van der Waals surface area contributed by atoms with Gasteiger partial charge in [0.1, 0.15) is 0 Å². The fourth-order valence-electron chi connectivity index (χ4n) is 1.77. The smallest absolute Gasteiger partial charge is 0.283 e. The lowest BCUT2D eigenvalue weighted by Gasteiger charge is -2.11. The van der Waals surface area contributed by atoms with Gasteiger partial charge in [-0.15, -0.1) is 0 Å². The minimum absolute atomic E-state index is 0.296. The molecule has 0 fully saturated rings. The van der Waals surface area contributed by atoms with E-state index >= 15 is 0 Å². The molecular weight excluding hydrogens is 262 g/mol. The van der Waals surface area contributed by atoms with Gasteiger partial charge < -0.3 is 5.32 Å². The largest absolute Gasteiger partial charge is 0.361 e. The SMILES string of the molecule is CC1=CC=CN/C1=C/c1ccc([N+](=O)[O-])cc1[N+](=O)[O-]. The molecule has 7 nitrogen and oxygen atoms in total. The highest BCUT2D eigenvalue weighted by Gasteiger charge is 2.18. The van der Waals surface area contributed by atoms with E-state index in [4.69, 9.17) is 0 Å². The molecule has 1 aromatic rings. The van der Waals surface area contributed by atoms with Crippen molar-refractivity contribution in [2.75, 3.05) is 0 Å². The summed E-state index contributed by atoms with van der Waals surface area (Å²) in [7, 11) is 0. The number of hydrogen-bond donors (Lipinski definition) is 1. The number of hydrogen-bond acceptors (Lipinski definition) is 5. The van der Waals surface area contributed by atoms with Crippen LogP contribution in [-0.2, 0) is 0 Å². The first-order valence-corrected chi connectivity index (χ1v) is 5.74. The molecule has 1 aliphatic heterocycles. The second-order valence-corrected chi connectivity index (χ2v) is 4.17. The molecule has 102 valence electrons. The predicted molar refractivity (Wildman–Crippen MR) is 73.8 cm³/mol. The third-order valence-corrected chi connectivity index (χ3v) is 2.83. The van der Waals surface area contributed by atoms with Crippen LogP contribution in [0.4, 0.5) is 11.4 Å². The Labute approximate surface area is 114 Å². The minimum Gasteiger partial charge on any atom is -0.361 e. The van der Waals surface area contributed by atoms with Crippen LogP contribution in [0.1, 0.15) is 12.5 Å². The Morgan fingerprint density at radius 3 is 2.55 bits per heavy atom. The number of allylic oxidation sites excluding steroid dienone is 3. The minimum atomic E-state index is -0.656. The quantitative estimate of drug-likeness (QED) is 0.674. The van der Waals surface area contributed by atoms with Crippen molar-refractivity contribution in [2.45, 2.75) is 6.92 Å². The van der Waals surface area contributed by atoms with Crippen LogP contribution in [0.15, 0.2) is 47.8 Å². The molecule has 0 spiro atoms. The van der Waals surface area contributed by atoms with Crippen molar-refractivity contribution < 1.29 is 9.85 Å². The molecular formula is C13H11N3O4. The Hall–Kier alpha value is -2.96. The van der Waals surface area contributed by atoms with Crippen LogP contribution in [0.25, 0.3) is 6.08 Å². The van der Waals surface area contributed by atoms with Crippen molar-refractivity contribution in [3.05, 3.63) is 73.6 Å². The van der Waals surface area contributed by atoms with Gasteiger partial charge in [-0.25, -0.2) is 0 Å². The summed E-state index contributed by atoms with van der Waals surface area (Å²) in [5.74, 6) is 0. The molecule has 7 heteroatoms. The number of nitro groups is 2. The van der Waals surface area contributed by atoms with E-state index in [2.05, 4.69) is 5.32 Å². The number of dihydropyridines is 1. The van der Waals surface area contributed by atoms with Gasteiger partial charge in [-0.3, -0.25) is 20.2 Å². The molecule has 0 saturated heterocycles. The van der Waals surface area contributed by atoms with E-state index in [0.29, 0.717) is 11.3 Å². The van der Waals surface area contributed by atoms with E-state index in [1.54, 1.807) is 12.3 Å². The maximum absolute atomic E-state index is 11.0. The van der Waals surface area contributed by atoms with Crippen molar-refractivity contribution in [3.63, 3.8) is 0 Å². The van der Waals surface area contributed by atoms with Crippen LogP contribution in [0.2, 0.25) is 0 Å². The summed E-state index contributed by atoms with van der Waals surface area (Å²) >= 11 is 0. The number of nitro benzene ring substituents is 2. The zero-order valence-corrected chi connectivity index (χ0v) is 10.6. The van der Waals surface area contributed by atoms with E-state index in [0.717, 1.165) is 11.6 Å². The summed E-state index contributed by atoms with van der Waals surface area (Å²) < 4.78 is 0. The Morgan fingerprint density at radius 1 is 1.20 bits per heavy atom. The molecule has 0 radical (unpaired) electrons. The van der Waals surface area contributed by atoms with E-state index in [1.807, 2.05) is 19.1 Å². The summed E-state index contributed by atoms with van der Waals surface area (Å²) in [6, 6.07) is 3.58. The fourth-order valence-corrected chi connectivity index (χ4v) is 1.77. The number of non-ortho nitro benzene ring substituents is 1. The Morgan fingerprint density at radius 2 is 1.95 bits per heavy atom. The average molecular weight is 273 g/mol. The third-order valence-electron chi connectivity index (χ3n) is 2.83. The van der Waals surface area contributed by atoms with Crippen molar-refractivity contribution in [3.8, 4) is 0 Å². The Balaban J connectivity index is 2.49. The first-order chi connectivity index (χ1) is 9.49. The van der Waals surface area contributed by atoms with Gasteiger partial charge in [0.05, 0.1) is 21.5 Å². The van der Waals surface area contributed by atoms with Gasteiger partial charge in [-0.05, 0) is 30.7 Å². The van der Waals surface area contributed by atoms with Crippen molar-refractivity contribution in [2.24, 2.45) is 0 Å². The molecule has 2 rings (SSSR count). The van der Waals surface area contributed by atoms with Crippen LogP contribution >= 0.6 is 0 Å². The molecule has 20 heavy (non-hydrogen) atoms. The lowest BCUT2D eigenvalue weighted by Crippen LogP contribution is -2.09. The summed E-state index contributed by atoms with van der Waals surface area (Å²) in [5, 5.41) is 24.7. The molecule has 1 aromatic carbocycles. The summed E-state index contributed by atoms with van der Waals surface area (Å²) in [4.78, 5) is 20.4. The normalized spacial score (nSPS) is 15.7. The van der Waals surface area contributed by atoms with Crippen molar-refractivity contribution in [1.82, 2.24) is 5.32 Å². The molecule has 0 amide bonds. The summed E-state index contributed by atoms with van der Waals surface area (Å²) in [5.41, 5.74) is 1.34. The fraction of sp³-hybridized carbons (Fsp3) is 0.0769. The highest BCUT2D eigenvalue weighted by Crippen LogP contribution is 2.27. The molecule has 1 aliphatic rings. The summed E-state index contributed by atoms with van der Waals surface area (Å²) in [6.45, 7) is 1.86. The maximum atomic E-state index is 11.0. The average Bonchev–Trinajstić information content (AvgIpc) is 2.41. The van der Waals surface area contributed by atoms with Gasteiger partial charge in [0.15, 0.2) is 0 Å². The number of nitrogens with zero attached hydrogens (tertiary/aromatic N) is 2. The van der Waals surface area contributed by atoms with Crippen molar-refractivity contribution in [1.29, 1.82) is 0 Å². The van der Waals surface area contributed by atoms with Gasteiger partial charge >= 0.3 is 0 Å². The van der Waals surface area contributed by atoms with Gasteiger partial charge in [0.25, 0.3) is 11.4 Å². The highest BCUT2D eigenvalue weighted by atomic mass is 16.6. The molecule has 1 N–H and O–H groups in total. The number of rotatable bonds is 3. The number of benzene rings is 1. The topological polar surface area (TPSA) is 98.3 Å². The Bertz CT molecular complexity index is 674. The van der Waals surface area contributed by atoms with Crippen LogP contribution in [-0.4, -0.2) is 9.85 Å². The van der Waals surface area contributed by atoms with Gasteiger partial charge in [0, 0.05) is 18.0 Å². The first-order valence-electron chi connectivity index (χ1n) is 5.74. The summed E-state index contributed by atoms with van der Waals surface area (Å²) in [6.07, 6.45) is 6.98. The van der Waals surface area contributed by atoms with Crippen LogP contribution in [0.3, 0.4) is 0 Å². The highest BCUT2D eigenvalue weighted by molar-refractivity contribution is 5.68. The maximum Gasteiger partial charge on any atom is 0.283 e. The van der Waals surface area contributed by atoms with Gasteiger partial charge in [-0.2, -0.15) is 0 Å². The lowest BCUT2D eigenvalue weighted by atomic mass is 10.1. The zero-order chi connectivity index (χ0) is 14.7.